The van der Waals surface area contributed by atoms with Crippen LogP contribution in [0.5, 0.6) is 0 Å². The Kier molecular flexibility index (Phi) is 5.94. The summed E-state index contributed by atoms with van der Waals surface area (Å²) in [7, 11) is 0.0451. The first kappa shape index (κ1) is 15.1. The highest BCUT2D eigenvalue weighted by molar-refractivity contribution is 7.98. The minimum Gasteiger partial charge on any atom is -0.144 e. The van der Waals surface area contributed by atoms with E-state index < -0.39 is 0 Å². The van der Waals surface area contributed by atoms with Crippen LogP contribution in [0.15, 0.2) is 34.3 Å². The van der Waals surface area contributed by atoms with Crippen LogP contribution in [-0.2, 0) is 0 Å². The summed E-state index contributed by atoms with van der Waals surface area (Å²) in [5, 5.41) is 3.60. The van der Waals surface area contributed by atoms with Gasteiger partial charge in [-0.1, -0.05) is 33.2 Å². The fourth-order valence-electron chi connectivity index (χ4n) is 2.08. The summed E-state index contributed by atoms with van der Waals surface area (Å²) in [6.07, 6.45) is 8.54. The van der Waals surface area contributed by atoms with Gasteiger partial charge < -0.3 is 0 Å². The molecule has 1 aromatic heterocycles. The van der Waals surface area contributed by atoms with Gasteiger partial charge in [0.25, 0.3) is 0 Å². The molecule has 0 fully saturated rings. The third kappa shape index (κ3) is 3.84. The first-order chi connectivity index (χ1) is 9.26. The van der Waals surface area contributed by atoms with Gasteiger partial charge in [0.2, 0.25) is 0 Å². The van der Waals surface area contributed by atoms with Crippen molar-refractivity contribution in [1.29, 1.82) is 0 Å². The predicted molar refractivity (Wildman–Crippen MR) is 95.3 cm³/mol. The smallest absolute Gasteiger partial charge is 0.0349 e. The van der Waals surface area contributed by atoms with Gasteiger partial charge in [-0.25, -0.2) is 0 Å². The molecular formula is C16H21PS2. The molecule has 0 N–H and O–H groups in total. The summed E-state index contributed by atoms with van der Waals surface area (Å²) in [6, 6.07) is 6.76. The first-order valence-corrected chi connectivity index (χ1v) is 10.8. The molecule has 2 rings (SSSR count). The number of fused-ring (bicyclic) bond motifs is 1. The normalized spacial score (nSPS) is 13.4. The van der Waals surface area contributed by atoms with E-state index in [1.165, 1.54) is 39.5 Å². The molecule has 1 unspecified atom stereocenters. The van der Waals surface area contributed by atoms with Gasteiger partial charge in [0, 0.05) is 15.0 Å². The minimum absolute atomic E-state index is 0.0451. The van der Waals surface area contributed by atoms with Gasteiger partial charge in [0.1, 0.15) is 0 Å². The minimum atomic E-state index is 0.0451. The van der Waals surface area contributed by atoms with E-state index in [0.717, 1.165) is 0 Å². The number of rotatable bonds is 6. The van der Waals surface area contributed by atoms with Crippen LogP contribution in [0.4, 0.5) is 0 Å². The van der Waals surface area contributed by atoms with Crippen molar-refractivity contribution in [3.05, 3.63) is 35.0 Å². The highest BCUT2D eigenvalue weighted by Crippen LogP contribution is 2.37. The fraction of sp³-hybridized carbons (Fsp3) is 0.375. The Balaban J connectivity index is 2.27. The Morgan fingerprint density at radius 1 is 1.32 bits per heavy atom. The predicted octanol–water partition coefficient (Wildman–Crippen LogP) is 6.51. The van der Waals surface area contributed by atoms with Gasteiger partial charge in [-0.3, -0.25) is 0 Å². The van der Waals surface area contributed by atoms with Crippen LogP contribution < -0.4 is 0 Å². The zero-order chi connectivity index (χ0) is 13.7. The molecule has 1 heterocycles. The van der Waals surface area contributed by atoms with E-state index in [0.29, 0.717) is 0 Å². The van der Waals surface area contributed by atoms with Crippen molar-refractivity contribution < 1.29 is 0 Å². The van der Waals surface area contributed by atoms with Crippen LogP contribution >= 0.6 is 31.0 Å². The maximum absolute atomic E-state index is 2.44. The van der Waals surface area contributed by atoms with Crippen molar-refractivity contribution >= 4 is 47.2 Å². The van der Waals surface area contributed by atoms with Gasteiger partial charge in [-0.15, -0.1) is 23.1 Å². The fourth-order valence-corrected chi connectivity index (χ4v) is 4.85. The maximum Gasteiger partial charge on any atom is 0.0349 e. The Labute approximate surface area is 126 Å². The molecule has 0 aliphatic heterocycles. The summed E-state index contributed by atoms with van der Waals surface area (Å²) in [5.41, 5.74) is 1.41. The van der Waals surface area contributed by atoms with E-state index in [-0.39, 0.29) is 7.92 Å². The van der Waals surface area contributed by atoms with Crippen molar-refractivity contribution in [1.82, 2.24) is 0 Å². The zero-order valence-electron chi connectivity index (χ0n) is 11.8. The summed E-state index contributed by atoms with van der Waals surface area (Å²) in [4.78, 5) is 1.39. The average molecular weight is 308 g/mol. The molecule has 0 saturated heterocycles. The third-order valence-corrected chi connectivity index (χ3v) is 6.57. The first-order valence-electron chi connectivity index (χ1n) is 6.69. The molecule has 2 aromatic rings. The van der Waals surface area contributed by atoms with Crippen molar-refractivity contribution in [3.63, 3.8) is 0 Å². The van der Waals surface area contributed by atoms with Crippen molar-refractivity contribution in [3.8, 4) is 0 Å². The number of hydrogen-bond donors (Lipinski definition) is 0. The van der Waals surface area contributed by atoms with Gasteiger partial charge in [-0.2, -0.15) is 0 Å². The Hall–Kier alpha value is -0.300. The molecule has 102 valence electrons. The molecule has 0 aliphatic carbocycles. The highest BCUT2D eigenvalue weighted by atomic mass is 32.2. The molecule has 0 spiro atoms. The van der Waals surface area contributed by atoms with E-state index in [1.54, 1.807) is 0 Å². The second-order valence-electron chi connectivity index (χ2n) is 4.66. The van der Waals surface area contributed by atoms with E-state index in [1.807, 2.05) is 23.1 Å². The van der Waals surface area contributed by atoms with Gasteiger partial charge in [0.05, 0.1) is 0 Å². The van der Waals surface area contributed by atoms with E-state index in [2.05, 4.69) is 55.3 Å². The molecule has 0 nitrogen and oxygen atoms in total. The van der Waals surface area contributed by atoms with Crippen LogP contribution in [0.2, 0.25) is 0 Å². The molecule has 1 aromatic carbocycles. The lowest BCUT2D eigenvalue weighted by Gasteiger charge is -2.08. The largest absolute Gasteiger partial charge is 0.144 e. The topological polar surface area (TPSA) is 0 Å². The molecule has 0 saturated carbocycles. The van der Waals surface area contributed by atoms with Crippen molar-refractivity contribution in [2.45, 2.75) is 24.7 Å². The number of thioether (sulfide) groups is 1. The molecule has 0 radical (unpaired) electrons. The quantitative estimate of drug-likeness (QED) is 0.433. The Morgan fingerprint density at radius 3 is 2.89 bits per heavy atom. The summed E-state index contributed by atoms with van der Waals surface area (Å²) < 4.78 is 1.39. The lowest BCUT2D eigenvalue weighted by atomic mass is 10.1. The molecule has 0 aliphatic rings. The summed E-state index contributed by atoms with van der Waals surface area (Å²) in [6.45, 7) is 4.65. The van der Waals surface area contributed by atoms with E-state index in [4.69, 9.17) is 0 Å². The molecule has 0 bridgehead atoms. The third-order valence-electron chi connectivity index (χ3n) is 3.22. The number of benzene rings is 1. The SMILES string of the molecule is CCCCP(C)/C=C/c1c(SC)ccc2sccc12. The molecular weight excluding hydrogens is 287 g/mol. The zero-order valence-corrected chi connectivity index (χ0v) is 14.4. The monoisotopic (exact) mass is 308 g/mol. The Morgan fingerprint density at radius 2 is 2.16 bits per heavy atom. The number of thiophene rings is 1. The van der Waals surface area contributed by atoms with Gasteiger partial charge >= 0.3 is 0 Å². The molecule has 3 heteroatoms. The van der Waals surface area contributed by atoms with Crippen molar-refractivity contribution in [2.75, 3.05) is 19.1 Å². The van der Waals surface area contributed by atoms with E-state index >= 15 is 0 Å². The van der Waals surface area contributed by atoms with E-state index in [9.17, 15) is 0 Å². The second-order valence-corrected chi connectivity index (χ2v) is 8.72. The van der Waals surface area contributed by atoms with Gasteiger partial charge in [0.15, 0.2) is 0 Å². The summed E-state index contributed by atoms with van der Waals surface area (Å²) >= 11 is 3.67. The van der Waals surface area contributed by atoms with Crippen LogP contribution in [0.25, 0.3) is 16.2 Å². The Bertz CT molecular complexity index is 557. The van der Waals surface area contributed by atoms with Crippen LogP contribution in [0.1, 0.15) is 25.3 Å². The second kappa shape index (κ2) is 7.47. The van der Waals surface area contributed by atoms with Gasteiger partial charge in [-0.05, 0) is 54.6 Å². The van der Waals surface area contributed by atoms with Crippen LogP contribution in [0, 0.1) is 0 Å². The average Bonchev–Trinajstić information content (AvgIpc) is 2.90. The lowest BCUT2D eigenvalue weighted by molar-refractivity contribution is 0.893. The maximum atomic E-state index is 2.44. The molecule has 0 amide bonds. The molecule has 1 atom stereocenters. The van der Waals surface area contributed by atoms with Crippen LogP contribution in [-0.4, -0.2) is 19.1 Å². The molecule has 19 heavy (non-hydrogen) atoms. The highest BCUT2D eigenvalue weighted by Gasteiger charge is 2.06. The lowest BCUT2D eigenvalue weighted by Crippen LogP contribution is -1.82. The van der Waals surface area contributed by atoms with Crippen LogP contribution in [0.3, 0.4) is 0 Å². The number of unbranched alkanes of at least 4 members (excludes halogenated alkanes) is 1. The summed E-state index contributed by atoms with van der Waals surface area (Å²) in [5.74, 6) is 2.44. The standard InChI is InChI=1S/C16H21PS2/c1-4-5-10-17(2)11-8-13-14-9-12-19-16(14)7-6-15(13)18-3/h6-9,11-12H,4-5,10H2,1-3H3/b11-8+. The van der Waals surface area contributed by atoms with Crippen molar-refractivity contribution in [2.24, 2.45) is 0 Å². The number of hydrogen-bond acceptors (Lipinski definition) is 2.